The Labute approximate surface area is 242 Å². The molecule has 0 radical (unpaired) electrons. The van der Waals surface area contributed by atoms with Crippen LogP contribution in [0.15, 0.2) is 53.4 Å². The van der Waals surface area contributed by atoms with Crippen molar-refractivity contribution in [1.29, 1.82) is 0 Å². The number of benzene rings is 2. The molecule has 1 amide bonds. The van der Waals surface area contributed by atoms with Crippen molar-refractivity contribution in [3.63, 3.8) is 0 Å². The Morgan fingerprint density at radius 3 is 2.05 bits per heavy atom. The monoisotopic (exact) mass is 574 g/mol. The third-order valence-electron chi connectivity index (χ3n) is 8.47. The standard InChI is InChI=1S/C33H45F3N2OS/c1-32(2,3)29-12-8-25(9-13-29)22-27-16-20-37(21-17-27)18-5-7-31(39)38-19-4-6-28(24-38)23-26-10-14-30(15-11-26)40-33(34,35)36/h8-15,27-28H,4-7,16-24H2,1-3H3/t28-/m1/s1. The van der Waals surface area contributed by atoms with Gasteiger partial charge in [0.1, 0.15) is 0 Å². The summed E-state index contributed by atoms with van der Waals surface area (Å²) >= 11 is -0.0777. The normalized spacial score (nSPS) is 19.6. The van der Waals surface area contributed by atoms with Gasteiger partial charge >= 0.3 is 5.51 Å². The van der Waals surface area contributed by atoms with Crippen LogP contribution in [-0.2, 0) is 23.1 Å². The fourth-order valence-corrected chi connectivity index (χ4v) is 6.66. The maximum absolute atomic E-state index is 13.0. The predicted molar refractivity (Wildman–Crippen MR) is 159 cm³/mol. The summed E-state index contributed by atoms with van der Waals surface area (Å²) in [5.41, 5.74) is -0.206. The zero-order valence-electron chi connectivity index (χ0n) is 24.3. The molecule has 40 heavy (non-hydrogen) atoms. The van der Waals surface area contributed by atoms with Crippen LogP contribution in [0.1, 0.15) is 76.0 Å². The van der Waals surface area contributed by atoms with Gasteiger partial charge < -0.3 is 9.80 Å². The van der Waals surface area contributed by atoms with Crippen LogP contribution in [0.5, 0.6) is 0 Å². The SMILES string of the molecule is CC(C)(C)c1ccc(CC2CCN(CCCC(=O)N3CCC[C@H](Cc4ccc(SC(F)(F)F)cc4)C3)CC2)cc1. The maximum atomic E-state index is 13.0. The summed E-state index contributed by atoms with van der Waals surface area (Å²) in [6, 6.07) is 15.8. The molecule has 0 N–H and O–H groups in total. The molecule has 2 aromatic rings. The molecule has 4 rings (SSSR count). The van der Waals surface area contributed by atoms with Crippen LogP contribution in [-0.4, -0.2) is 53.9 Å². The molecule has 2 saturated heterocycles. The summed E-state index contributed by atoms with van der Waals surface area (Å²) in [6.45, 7) is 11.5. The number of rotatable bonds is 9. The molecule has 220 valence electrons. The van der Waals surface area contributed by atoms with Gasteiger partial charge in [-0.1, -0.05) is 57.2 Å². The number of hydrogen-bond donors (Lipinski definition) is 0. The molecule has 2 aromatic carbocycles. The zero-order chi connectivity index (χ0) is 28.8. The van der Waals surface area contributed by atoms with Crippen molar-refractivity contribution in [2.24, 2.45) is 11.8 Å². The number of hydrogen-bond acceptors (Lipinski definition) is 3. The number of carbonyl (C=O) groups is 1. The fraction of sp³-hybridized carbons (Fsp3) is 0.606. The Kier molecular flexibility index (Phi) is 10.7. The molecule has 2 fully saturated rings. The van der Waals surface area contributed by atoms with Crippen molar-refractivity contribution in [3.05, 3.63) is 65.2 Å². The summed E-state index contributed by atoms with van der Waals surface area (Å²) in [4.78, 5) is 17.7. The Hall–Kier alpha value is -1.99. The number of carbonyl (C=O) groups excluding carboxylic acids is 1. The lowest BCUT2D eigenvalue weighted by molar-refractivity contribution is -0.133. The number of piperidine rings is 2. The first kappa shape index (κ1) is 31.0. The van der Waals surface area contributed by atoms with Gasteiger partial charge in [-0.15, -0.1) is 0 Å². The quantitative estimate of drug-likeness (QED) is 0.283. The van der Waals surface area contributed by atoms with Gasteiger partial charge in [-0.05, 0) is 122 Å². The second-order valence-electron chi connectivity index (χ2n) is 12.8. The van der Waals surface area contributed by atoms with Gasteiger partial charge in [0.15, 0.2) is 0 Å². The lowest BCUT2D eigenvalue weighted by Crippen LogP contribution is -2.41. The predicted octanol–water partition coefficient (Wildman–Crippen LogP) is 8.11. The molecule has 0 unspecified atom stereocenters. The van der Waals surface area contributed by atoms with Crippen LogP contribution in [0.4, 0.5) is 13.2 Å². The average Bonchev–Trinajstić information content (AvgIpc) is 2.90. The molecule has 0 aromatic heterocycles. The molecule has 0 aliphatic carbocycles. The van der Waals surface area contributed by atoms with E-state index >= 15 is 0 Å². The van der Waals surface area contributed by atoms with Crippen molar-refractivity contribution in [3.8, 4) is 0 Å². The zero-order valence-corrected chi connectivity index (χ0v) is 25.1. The van der Waals surface area contributed by atoms with Gasteiger partial charge in [0.25, 0.3) is 0 Å². The molecule has 7 heteroatoms. The molecule has 0 saturated carbocycles. The largest absolute Gasteiger partial charge is 0.446 e. The highest BCUT2D eigenvalue weighted by Crippen LogP contribution is 2.37. The number of halogens is 3. The summed E-state index contributed by atoms with van der Waals surface area (Å²) in [5, 5.41) is 0. The van der Waals surface area contributed by atoms with Crippen LogP contribution >= 0.6 is 11.8 Å². The Morgan fingerprint density at radius 2 is 1.45 bits per heavy atom. The lowest BCUT2D eigenvalue weighted by Gasteiger charge is -2.34. The molecule has 3 nitrogen and oxygen atoms in total. The van der Waals surface area contributed by atoms with Crippen molar-refractivity contribution >= 4 is 17.7 Å². The van der Waals surface area contributed by atoms with Gasteiger partial charge in [0.05, 0.1) is 0 Å². The second kappa shape index (κ2) is 13.8. The first-order chi connectivity index (χ1) is 18.9. The molecule has 2 heterocycles. The summed E-state index contributed by atoms with van der Waals surface area (Å²) < 4.78 is 37.7. The molecule has 2 aliphatic rings. The highest BCUT2D eigenvalue weighted by molar-refractivity contribution is 8.00. The Balaban J connectivity index is 1.13. The van der Waals surface area contributed by atoms with E-state index in [1.165, 1.54) is 24.0 Å². The first-order valence-corrected chi connectivity index (χ1v) is 15.7. The maximum Gasteiger partial charge on any atom is 0.446 e. The van der Waals surface area contributed by atoms with Gasteiger partial charge in [-0.3, -0.25) is 4.79 Å². The van der Waals surface area contributed by atoms with Crippen LogP contribution in [0.25, 0.3) is 0 Å². The highest BCUT2D eigenvalue weighted by atomic mass is 32.2. The van der Waals surface area contributed by atoms with Crippen LogP contribution in [0, 0.1) is 11.8 Å². The smallest absolute Gasteiger partial charge is 0.342 e. The van der Waals surface area contributed by atoms with Crippen molar-refractivity contribution in [2.75, 3.05) is 32.7 Å². The fourth-order valence-electron chi connectivity index (χ4n) is 6.12. The van der Waals surface area contributed by atoms with Gasteiger partial charge in [0.2, 0.25) is 5.91 Å². The van der Waals surface area contributed by atoms with Gasteiger partial charge in [-0.2, -0.15) is 13.2 Å². The number of nitrogens with zero attached hydrogens (tertiary/aromatic N) is 2. The molecular weight excluding hydrogens is 529 g/mol. The van der Waals surface area contributed by atoms with E-state index in [0.29, 0.717) is 12.3 Å². The van der Waals surface area contributed by atoms with Gasteiger partial charge in [-0.25, -0.2) is 0 Å². The number of amides is 1. The van der Waals surface area contributed by atoms with Crippen molar-refractivity contribution < 1.29 is 18.0 Å². The molecule has 0 bridgehead atoms. The lowest BCUT2D eigenvalue weighted by atomic mass is 9.85. The minimum absolute atomic E-state index is 0.0777. The highest BCUT2D eigenvalue weighted by Gasteiger charge is 2.29. The summed E-state index contributed by atoms with van der Waals surface area (Å²) in [5.74, 6) is 1.35. The molecule has 1 atom stereocenters. The average molecular weight is 575 g/mol. The van der Waals surface area contributed by atoms with Crippen LogP contribution in [0.3, 0.4) is 0 Å². The van der Waals surface area contributed by atoms with E-state index in [4.69, 9.17) is 0 Å². The first-order valence-electron chi connectivity index (χ1n) is 14.9. The topological polar surface area (TPSA) is 23.6 Å². The third-order valence-corrected chi connectivity index (χ3v) is 9.21. The van der Waals surface area contributed by atoms with E-state index in [1.807, 2.05) is 4.90 Å². The minimum Gasteiger partial charge on any atom is -0.342 e. The molecular formula is C33H45F3N2OS. The van der Waals surface area contributed by atoms with E-state index in [2.05, 4.69) is 49.9 Å². The number of likely N-dealkylation sites (tertiary alicyclic amines) is 2. The van der Waals surface area contributed by atoms with Gasteiger partial charge in [0, 0.05) is 24.4 Å². The van der Waals surface area contributed by atoms with Crippen molar-refractivity contribution in [1.82, 2.24) is 9.80 Å². The van der Waals surface area contributed by atoms with Crippen LogP contribution in [0.2, 0.25) is 0 Å². The van der Waals surface area contributed by atoms with E-state index in [0.717, 1.165) is 76.3 Å². The van der Waals surface area contributed by atoms with Crippen LogP contribution < -0.4 is 0 Å². The Morgan fingerprint density at radius 1 is 0.850 bits per heavy atom. The number of alkyl halides is 3. The summed E-state index contributed by atoms with van der Waals surface area (Å²) in [7, 11) is 0. The minimum atomic E-state index is -4.26. The summed E-state index contributed by atoms with van der Waals surface area (Å²) in [6.07, 6.45) is 7.94. The molecule has 0 spiro atoms. The third kappa shape index (κ3) is 9.83. The van der Waals surface area contributed by atoms with E-state index in [-0.39, 0.29) is 28.0 Å². The van der Waals surface area contributed by atoms with E-state index in [9.17, 15) is 18.0 Å². The molecule has 2 aliphatic heterocycles. The Bertz CT molecular complexity index is 1070. The van der Waals surface area contributed by atoms with Crippen molar-refractivity contribution in [2.45, 2.75) is 88.0 Å². The second-order valence-corrected chi connectivity index (χ2v) is 13.9. The number of thioether (sulfide) groups is 1. The van der Waals surface area contributed by atoms with E-state index < -0.39 is 5.51 Å². The van der Waals surface area contributed by atoms with E-state index in [1.54, 1.807) is 24.3 Å².